The molecule has 3 aromatic rings. The molecule has 1 aliphatic heterocycles. The van der Waals surface area contributed by atoms with Gasteiger partial charge in [0.2, 0.25) is 0 Å². The summed E-state index contributed by atoms with van der Waals surface area (Å²) in [7, 11) is -2.61. The van der Waals surface area contributed by atoms with Gasteiger partial charge in [-0.1, -0.05) is 24.3 Å². The van der Waals surface area contributed by atoms with E-state index >= 15 is 0 Å². The molecule has 4 rings (SSSR count). The molecule has 0 bridgehead atoms. The van der Waals surface area contributed by atoms with Crippen molar-refractivity contribution in [1.29, 1.82) is 0 Å². The Hall–Kier alpha value is -2.84. The van der Waals surface area contributed by atoms with Gasteiger partial charge in [0.05, 0.1) is 17.5 Å². The van der Waals surface area contributed by atoms with Crippen LogP contribution in [0.3, 0.4) is 0 Å². The summed E-state index contributed by atoms with van der Waals surface area (Å²) in [6.07, 6.45) is 1.68. The van der Waals surface area contributed by atoms with Gasteiger partial charge in [-0.3, -0.25) is 4.79 Å². The van der Waals surface area contributed by atoms with Crippen molar-refractivity contribution in [3.05, 3.63) is 59.8 Å². The van der Waals surface area contributed by atoms with Crippen LogP contribution < -0.4 is 10.5 Å². The van der Waals surface area contributed by atoms with Crippen LogP contribution in [-0.4, -0.2) is 49.4 Å². The Morgan fingerprint density at radius 2 is 1.78 bits per heavy atom. The van der Waals surface area contributed by atoms with Crippen LogP contribution >= 0.6 is 0 Å². The topological polar surface area (TPSA) is 94.6 Å². The van der Waals surface area contributed by atoms with Gasteiger partial charge in [-0.15, -0.1) is 0 Å². The standard InChI is InChI=1S/C24H29N3O4S/c1-16(2)26-13-11-17(12-14-26)22-20-9-4-5-10-21(20)27(23(22)24(25)28)32(29,30)19-8-6-7-18(15-19)31-3/h4-10,15-17H,11-14H2,1-3H3,(H2,25,28). The van der Waals surface area contributed by atoms with Crippen molar-refractivity contribution in [3.63, 3.8) is 0 Å². The average Bonchev–Trinajstić information content (AvgIpc) is 3.15. The Balaban J connectivity index is 1.93. The third kappa shape index (κ3) is 3.78. The molecule has 0 unspecified atom stereocenters. The second-order valence-corrected chi connectivity index (χ2v) is 10.3. The molecule has 7 nitrogen and oxygen atoms in total. The summed E-state index contributed by atoms with van der Waals surface area (Å²) in [4.78, 5) is 15.2. The molecule has 1 aromatic heterocycles. The van der Waals surface area contributed by atoms with Gasteiger partial charge in [0.15, 0.2) is 0 Å². The number of methoxy groups -OCH3 is 1. The summed E-state index contributed by atoms with van der Waals surface area (Å²) in [5.41, 5.74) is 7.09. The number of carbonyl (C=O) groups excluding carboxylic acids is 1. The van der Waals surface area contributed by atoms with Gasteiger partial charge in [0.1, 0.15) is 11.4 Å². The van der Waals surface area contributed by atoms with Crippen LogP contribution in [0.1, 0.15) is 48.7 Å². The third-order valence-electron chi connectivity index (χ3n) is 6.35. The molecule has 2 aromatic carbocycles. The van der Waals surface area contributed by atoms with Crippen molar-refractivity contribution in [2.75, 3.05) is 20.2 Å². The lowest BCUT2D eigenvalue weighted by Crippen LogP contribution is -2.38. The molecule has 0 radical (unpaired) electrons. The quantitative estimate of drug-likeness (QED) is 0.613. The minimum Gasteiger partial charge on any atom is -0.497 e. The maximum atomic E-state index is 13.8. The highest BCUT2D eigenvalue weighted by Gasteiger charge is 2.34. The number of hydrogen-bond donors (Lipinski definition) is 1. The number of benzene rings is 2. The largest absolute Gasteiger partial charge is 0.497 e. The fraction of sp³-hybridized carbons (Fsp3) is 0.375. The van der Waals surface area contributed by atoms with Crippen LogP contribution in [0.2, 0.25) is 0 Å². The molecule has 170 valence electrons. The fourth-order valence-corrected chi connectivity index (χ4v) is 6.28. The molecule has 1 amide bonds. The highest BCUT2D eigenvalue weighted by atomic mass is 32.2. The van der Waals surface area contributed by atoms with Crippen LogP contribution in [0, 0.1) is 0 Å². The van der Waals surface area contributed by atoms with Crippen LogP contribution in [0.25, 0.3) is 10.9 Å². The second kappa shape index (κ2) is 8.60. The van der Waals surface area contributed by atoms with Crippen molar-refractivity contribution in [2.24, 2.45) is 5.73 Å². The summed E-state index contributed by atoms with van der Waals surface area (Å²) >= 11 is 0. The van der Waals surface area contributed by atoms with Crippen molar-refractivity contribution in [1.82, 2.24) is 8.87 Å². The number of ether oxygens (including phenoxy) is 1. The Bertz CT molecular complexity index is 1260. The van der Waals surface area contributed by atoms with E-state index in [0.717, 1.165) is 40.9 Å². The first-order valence-corrected chi connectivity index (χ1v) is 12.3. The molecule has 1 fully saturated rings. The first-order valence-electron chi connectivity index (χ1n) is 10.8. The van der Waals surface area contributed by atoms with E-state index in [2.05, 4.69) is 18.7 Å². The Morgan fingerprint density at radius 3 is 2.41 bits per heavy atom. The van der Waals surface area contributed by atoms with Crippen molar-refractivity contribution < 1.29 is 17.9 Å². The minimum atomic E-state index is -4.09. The van der Waals surface area contributed by atoms with Gasteiger partial charge in [-0.05, 0) is 69.5 Å². The first-order chi connectivity index (χ1) is 15.3. The lowest BCUT2D eigenvalue weighted by molar-refractivity contribution is 0.0992. The zero-order valence-corrected chi connectivity index (χ0v) is 19.4. The van der Waals surface area contributed by atoms with Crippen molar-refractivity contribution in [2.45, 2.75) is 43.5 Å². The molecular formula is C24H29N3O4S. The molecule has 0 spiro atoms. The number of amides is 1. The molecule has 0 saturated carbocycles. The maximum Gasteiger partial charge on any atom is 0.269 e. The van der Waals surface area contributed by atoms with E-state index in [-0.39, 0.29) is 16.5 Å². The van der Waals surface area contributed by atoms with E-state index in [1.165, 1.54) is 19.2 Å². The van der Waals surface area contributed by atoms with Gasteiger partial charge < -0.3 is 15.4 Å². The average molecular weight is 456 g/mol. The van der Waals surface area contributed by atoms with Gasteiger partial charge in [-0.2, -0.15) is 0 Å². The minimum absolute atomic E-state index is 0.0429. The lowest BCUT2D eigenvalue weighted by atomic mass is 9.87. The molecule has 0 atom stereocenters. The third-order valence-corrected chi connectivity index (χ3v) is 8.06. The lowest BCUT2D eigenvalue weighted by Gasteiger charge is -2.34. The zero-order valence-electron chi connectivity index (χ0n) is 18.6. The number of rotatable bonds is 6. The molecule has 0 aliphatic carbocycles. The van der Waals surface area contributed by atoms with Crippen LogP contribution in [-0.2, 0) is 10.0 Å². The van der Waals surface area contributed by atoms with Crippen LogP contribution in [0.5, 0.6) is 5.75 Å². The van der Waals surface area contributed by atoms with E-state index in [0.29, 0.717) is 17.3 Å². The number of para-hydroxylation sites is 1. The molecule has 8 heteroatoms. The maximum absolute atomic E-state index is 13.8. The summed E-state index contributed by atoms with van der Waals surface area (Å²) in [6.45, 7) is 6.12. The number of primary amides is 1. The highest BCUT2D eigenvalue weighted by Crippen LogP contribution is 2.39. The van der Waals surface area contributed by atoms with Gasteiger partial charge in [0, 0.05) is 17.5 Å². The number of likely N-dealkylation sites (tertiary alicyclic amines) is 1. The monoisotopic (exact) mass is 455 g/mol. The van der Waals surface area contributed by atoms with Gasteiger partial charge in [-0.25, -0.2) is 12.4 Å². The van der Waals surface area contributed by atoms with Crippen LogP contribution in [0.15, 0.2) is 53.4 Å². The van der Waals surface area contributed by atoms with E-state index in [4.69, 9.17) is 10.5 Å². The second-order valence-electron chi connectivity index (χ2n) is 8.50. The molecular weight excluding hydrogens is 426 g/mol. The number of fused-ring (bicyclic) bond motifs is 1. The van der Waals surface area contributed by atoms with E-state index in [1.807, 2.05) is 12.1 Å². The number of hydrogen-bond acceptors (Lipinski definition) is 5. The number of aromatic nitrogens is 1. The molecule has 2 N–H and O–H groups in total. The summed E-state index contributed by atoms with van der Waals surface area (Å²) in [5.74, 6) is -0.266. The number of nitrogens with zero attached hydrogens (tertiary/aromatic N) is 2. The smallest absolute Gasteiger partial charge is 0.269 e. The van der Waals surface area contributed by atoms with E-state index in [9.17, 15) is 13.2 Å². The van der Waals surface area contributed by atoms with Gasteiger partial charge in [0.25, 0.3) is 15.9 Å². The Morgan fingerprint density at radius 1 is 1.09 bits per heavy atom. The van der Waals surface area contributed by atoms with Crippen molar-refractivity contribution in [3.8, 4) is 5.75 Å². The number of carbonyl (C=O) groups is 1. The Labute approximate surface area is 188 Å². The fourth-order valence-electron chi connectivity index (χ4n) is 4.70. The summed E-state index contributed by atoms with van der Waals surface area (Å²) < 4.78 is 33.9. The molecule has 2 heterocycles. The molecule has 1 saturated heterocycles. The summed E-state index contributed by atoms with van der Waals surface area (Å²) in [5, 5.41) is 0.760. The highest BCUT2D eigenvalue weighted by molar-refractivity contribution is 7.90. The predicted molar refractivity (Wildman–Crippen MR) is 125 cm³/mol. The normalized spacial score (nSPS) is 16.0. The molecule has 32 heavy (non-hydrogen) atoms. The van der Waals surface area contributed by atoms with Crippen LogP contribution in [0.4, 0.5) is 0 Å². The first kappa shape index (κ1) is 22.4. The number of piperidine rings is 1. The van der Waals surface area contributed by atoms with E-state index < -0.39 is 15.9 Å². The van der Waals surface area contributed by atoms with E-state index in [1.54, 1.807) is 24.3 Å². The zero-order chi connectivity index (χ0) is 23.0. The van der Waals surface area contributed by atoms with Crippen molar-refractivity contribution >= 4 is 26.8 Å². The predicted octanol–water partition coefficient (Wildman–Crippen LogP) is 3.57. The van der Waals surface area contributed by atoms with Gasteiger partial charge >= 0.3 is 0 Å². The summed E-state index contributed by atoms with van der Waals surface area (Å²) in [6, 6.07) is 13.9. The number of nitrogens with two attached hydrogens (primary N) is 1. The SMILES string of the molecule is COc1cccc(S(=O)(=O)n2c(C(N)=O)c(C3CCN(C(C)C)CC3)c3ccccc32)c1. The molecule has 1 aliphatic rings. The Kier molecular flexibility index (Phi) is 6.01.